The molecule has 182 valence electrons. The van der Waals surface area contributed by atoms with Gasteiger partial charge in [0.05, 0.1) is 0 Å². The molecule has 0 aliphatic rings. The van der Waals surface area contributed by atoms with Crippen LogP contribution in [-0.4, -0.2) is 29.5 Å². The van der Waals surface area contributed by atoms with E-state index in [0.29, 0.717) is 17.5 Å². The van der Waals surface area contributed by atoms with E-state index < -0.39 is 0 Å². The predicted molar refractivity (Wildman–Crippen MR) is 163 cm³/mol. The molecule has 0 saturated carbocycles. The van der Waals surface area contributed by atoms with Crippen LogP contribution in [0.3, 0.4) is 0 Å². The van der Waals surface area contributed by atoms with Gasteiger partial charge in [-0.25, -0.2) is 0 Å². The van der Waals surface area contributed by atoms with Gasteiger partial charge in [0, 0.05) is 0 Å². The summed E-state index contributed by atoms with van der Waals surface area (Å²) in [4.78, 5) is 15.1. The van der Waals surface area contributed by atoms with Gasteiger partial charge in [0.1, 0.15) is 0 Å². The van der Waals surface area contributed by atoms with Crippen molar-refractivity contribution in [3.05, 3.63) is 127 Å². The van der Waals surface area contributed by atoms with Gasteiger partial charge < -0.3 is 0 Å². The third-order valence-corrected chi connectivity index (χ3v) is 9.79. The number of nitrogens with zero attached hydrogens (tertiary/aromatic N) is 3. The topological polar surface area (TPSA) is 38.7 Å². The summed E-state index contributed by atoms with van der Waals surface area (Å²) in [6.07, 6.45) is 0. The summed E-state index contributed by atoms with van der Waals surface area (Å²) >= 11 is 0.182. The molecule has 0 aliphatic carbocycles. The first-order chi connectivity index (χ1) is 19.3. The van der Waals surface area contributed by atoms with E-state index >= 15 is 0 Å². The Balaban J connectivity index is 1.51. The summed E-state index contributed by atoms with van der Waals surface area (Å²) < 4.78 is 2.82. The van der Waals surface area contributed by atoms with Crippen molar-refractivity contribution < 1.29 is 0 Å². The molecule has 0 fully saturated rings. The molecule has 0 saturated heterocycles. The fourth-order valence-corrected chi connectivity index (χ4v) is 8.21. The third kappa shape index (κ3) is 3.69. The SMILES string of the molecule is c1ccc(-c2nc(-c3ccccc3)nc(-c3cc4ccc5ccccc5c4c4[se]c5ccccc5c34)n2)cc1. The monoisotopic (exact) mass is 563 g/mol. The van der Waals surface area contributed by atoms with Crippen LogP contribution in [0.25, 0.3) is 75.0 Å². The van der Waals surface area contributed by atoms with Gasteiger partial charge in [-0.1, -0.05) is 0 Å². The Bertz CT molecular complexity index is 2110. The summed E-state index contributed by atoms with van der Waals surface area (Å²) in [7, 11) is 0. The molecule has 4 heteroatoms. The van der Waals surface area contributed by atoms with E-state index in [1.807, 2.05) is 36.4 Å². The van der Waals surface area contributed by atoms with Crippen LogP contribution in [0, 0.1) is 0 Å². The van der Waals surface area contributed by atoms with Crippen molar-refractivity contribution in [2.45, 2.75) is 0 Å². The van der Waals surface area contributed by atoms with Crippen molar-refractivity contribution in [2.75, 3.05) is 0 Å². The van der Waals surface area contributed by atoms with Gasteiger partial charge in [0.2, 0.25) is 0 Å². The molecular formula is C35H21N3Se. The van der Waals surface area contributed by atoms with Crippen molar-refractivity contribution in [1.82, 2.24) is 15.0 Å². The summed E-state index contributed by atoms with van der Waals surface area (Å²) in [5.74, 6) is 2.08. The first kappa shape index (κ1) is 22.4. The van der Waals surface area contributed by atoms with Crippen LogP contribution in [-0.2, 0) is 0 Å². The summed E-state index contributed by atoms with van der Waals surface area (Å²) in [6, 6.07) is 44.7. The molecule has 6 aromatic carbocycles. The van der Waals surface area contributed by atoms with Gasteiger partial charge in [0.15, 0.2) is 0 Å². The average Bonchev–Trinajstić information content (AvgIpc) is 3.41. The van der Waals surface area contributed by atoms with E-state index in [4.69, 9.17) is 15.0 Å². The van der Waals surface area contributed by atoms with Gasteiger partial charge in [-0.3, -0.25) is 0 Å². The molecule has 0 aliphatic heterocycles. The second-order valence-corrected chi connectivity index (χ2v) is 11.9. The fraction of sp³-hybridized carbons (Fsp3) is 0. The Morgan fingerprint density at radius 1 is 0.436 bits per heavy atom. The molecule has 8 rings (SSSR count). The predicted octanol–water partition coefficient (Wildman–Crippen LogP) is 8.54. The number of hydrogen-bond donors (Lipinski definition) is 0. The molecule has 0 bridgehead atoms. The molecule has 0 unspecified atom stereocenters. The molecule has 3 nitrogen and oxygen atoms in total. The first-order valence-corrected chi connectivity index (χ1v) is 14.7. The third-order valence-electron chi connectivity index (χ3n) is 7.29. The standard InChI is InChI=1S/C35H21N3Se/c1-3-12-23(13-4-1)33-36-34(24-14-5-2-6-15-24)38-35(37-33)28-21-25-20-19-22-11-7-8-16-26(22)30(25)32-31(28)27-17-9-10-18-29(27)39-32/h1-21H. The van der Waals surface area contributed by atoms with Gasteiger partial charge in [-0.15, -0.1) is 0 Å². The maximum atomic E-state index is 5.10. The molecular weight excluding hydrogens is 541 g/mol. The van der Waals surface area contributed by atoms with Gasteiger partial charge >= 0.3 is 232 Å². The molecule has 2 aromatic heterocycles. The minimum absolute atomic E-state index is 0.182. The normalized spacial score (nSPS) is 11.6. The molecule has 0 spiro atoms. The summed E-state index contributed by atoms with van der Waals surface area (Å²) in [6.45, 7) is 0. The molecule has 39 heavy (non-hydrogen) atoms. The Morgan fingerprint density at radius 3 is 1.72 bits per heavy atom. The number of rotatable bonds is 3. The average molecular weight is 563 g/mol. The number of hydrogen-bond acceptors (Lipinski definition) is 3. The molecule has 0 radical (unpaired) electrons. The zero-order valence-corrected chi connectivity index (χ0v) is 22.6. The fourth-order valence-electron chi connectivity index (χ4n) is 5.48. The summed E-state index contributed by atoms with van der Waals surface area (Å²) in [5, 5.41) is 7.70. The molecule has 0 atom stereocenters. The number of benzene rings is 6. The van der Waals surface area contributed by atoms with E-state index in [1.54, 1.807) is 0 Å². The Kier molecular flexibility index (Phi) is 5.15. The van der Waals surface area contributed by atoms with Crippen molar-refractivity contribution >= 4 is 55.3 Å². The van der Waals surface area contributed by atoms with Crippen LogP contribution in [0.2, 0.25) is 0 Å². The van der Waals surface area contributed by atoms with E-state index in [0.717, 1.165) is 16.7 Å². The quantitative estimate of drug-likeness (QED) is 0.160. The first-order valence-electron chi connectivity index (χ1n) is 13.0. The zero-order valence-electron chi connectivity index (χ0n) is 20.9. The van der Waals surface area contributed by atoms with Gasteiger partial charge in [-0.05, 0) is 0 Å². The van der Waals surface area contributed by atoms with Crippen molar-refractivity contribution in [3.8, 4) is 34.2 Å². The maximum absolute atomic E-state index is 5.10. The molecule has 2 heterocycles. The Hall–Kier alpha value is -4.63. The van der Waals surface area contributed by atoms with Crippen molar-refractivity contribution in [3.63, 3.8) is 0 Å². The zero-order chi connectivity index (χ0) is 25.8. The van der Waals surface area contributed by atoms with Crippen molar-refractivity contribution in [2.24, 2.45) is 0 Å². The number of aromatic nitrogens is 3. The van der Waals surface area contributed by atoms with Crippen LogP contribution < -0.4 is 0 Å². The van der Waals surface area contributed by atoms with E-state index in [1.165, 1.54) is 40.8 Å². The Morgan fingerprint density at radius 2 is 1.00 bits per heavy atom. The van der Waals surface area contributed by atoms with Crippen LogP contribution in [0.15, 0.2) is 127 Å². The van der Waals surface area contributed by atoms with Crippen LogP contribution in [0.1, 0.15) is 0 Å². The molecule has 0 amide bonds. The van der Waals surface area contributed by atoms with E-state index in [2.05, 4.69) is 91.0 Å². The van der Waals surface area contributed by atoms with Crippen LogP contribution >= 0.6 is 0 Å². The summed E-state index contributed by atoms with van der Waals surface area (Å²) in [5.41, 5.74) is 3.02. The van der Waals surface area contributed by atoms with Crippen molar-refractivity contribution in [1.29, 1.82) is 0 Å². The second-order valence-electron chi connectivity index (χ2n) is 9.65. The molecule has 8 aromatic rings. The van der Waals surface area contributed by atoms with Gasteiger partial charge in [0.25, 0.3) is 0 Å². The van der Waals surface area contributed by atoms with Crippen LogP contribution in [0.4, 0.5) is 0 Å². The van der Waals surface area contributed by atoms with E-state index in [-0.39, 0.29) is 14.5 Å². The molecule has 0 N–H and O–H groups in total. The van der Waals surface area contributed by atoms with Crippen LogP contribution in [0.5, 0.6) is 0 Å². The van der Waals surface area contributed by atoms with Gasteiger partial charge in [-0.2, -0.15) is 0 Å². The second kappa shape index (κ2) is 8.99. The number of fused-ring (bicyclic) bond motifs is 7. The minimum atomic E-state index is 0.182. The Labute approximate surface area is 231 Å². The van der Waals surface area contributed by atoms with E-state index in [9.17, 15) is 0 Å².